The molecule has 1 fully saturated rings. The minimum Gasteiger partial charge on any atom is -0.346 e. The highest BCUT2D eigenvalue weighted by molar-refractivity contribution is 7.80. The first-order valence-electron chi connectivity index (χ1n) is 9.96. The predicted molar refractivity (Wildman–Crippen MR) is 132 cm³/mol. The summed E-state index contributed by atoms with van der Waals surface area (Å²) in [5.74, 6) is 0. The number of hydrogen-bond acceptors (Lipinski definition) is 3. The summed E-state index contributed by atoms with van der Waals surface area (Å²) in [6.45, 7) is 5.01. The molecule has 162 valence electrons. The normalized spacial score (nSPS) is 14.6. The van der Waals surface area contributed by atoms with Gasteiger partial charge in [0.1, 0.15) is 0 Å². The van der Waals surface area contributed by atoms with Crippen LogP contribution in [0.15, 0.2) is 54.9 Å². The first-order valence-corrected chi connectivity index (χ1v) is 11.5. The van der Waals surface area contributed by atoms with Gasteiger partial charge in [-0.2, -0.15) is 5.10 Å². The summed E-state index contributed by atoms with van der Waals surface area (Å²) in [6.07, 6.45) is 3.69. The number of benzene rings is 2. The van der Waals surface area contributed by atoms with Gasteiger partial charge in [0, 0.05) is 54.0 Å². The van der Waals surface area contributed by atoms with Gasteiger partial charge in [-0.05, 0) is 41.5 Å². The van der Waals surface area contributed by atoms with Gasteiger partial charge in [0.05, 0.1) is 18.4 Å². The van der Waals surface area contributed by atoms with Gasteiger partial charge in [-0.15, -0.1) is 0 Å². The van der Waals surface area contributed by atoms with Crippen molar-refractivity contribution in [3.63, 3.8) is 0 Å². The third-order valence-electron chi connectivity index (χ3n) is 5.24. The molecular formula is C22H22Cl3N5S. The van der Waals surface area contributed by atoms with Crippen LogP contribution in [0.25, 0.3) is 0 Å². The van der Waals surface area contributed by atoms with E-state index in [9.17, 15) is 0 Å². The molecule has 3 aromatic rings. The Morgan fingerprint density at radius 1 is 0.935 bits per heavy atom. The molecule has 0 bridgehead atoms. The maximum atomic E-state index is 6.29. The molecule has 1 aliphatic rings. The second kappa shape index (κ2) is 10.2. The van der Waals surface area contributed by atoms with Gasteiger partial charge >= 0.3 is 0 Å². The van der Waals surface area contributed by atoms with Crippen molar-refractivity contribution in [2.75, 3.05) is 31.5 Å². The third kappa shape index (κ3) is 5.90. The summed E-state index contributed by atoms with van der Waals surface area (Å²) in [6, 6.07) is 13.5. The van der Waals surface area contributed by atoms with E-state index >= 15 is 0 Å². The fourth-order valence-electron chi connectivity index (χ4n) is 3.52. The fourth-order valence-corrected chi connectivity index (χ4v) is 4.48. The van der Waals surface area contributed by atoms with Crippen molar-refractivity contribution in [3.05, 3.63) is 81.1 Å². The van der Waals surface area contributed by atoms with Crippen molar-refractivity contribution < 1.29 is 0 Å². The number of piperazine rings is 1. The van der Waals surface area contributed by atoms with Crippen LogP contribution in [0.2, 0.25) is 15.1 Å². The largest absolute Gasteiger partial charge is 0.346 e. The molecule has 1 N–H and O–H groups in total. The fraction of sp³-hybridized carbons (Fsp3) is 0.273. The molecule has 0 atom stereocenters. The number of nitrogens with one attached hydrogen (secondary N) is 1. The summed E-state index contributed by atoms with van der Waals surface area (Å²) >= 11 is 24.1. The molecular weight excluding hydrogens is 473 g/mol. The van der Waals surface area contributed by atoms with Crippen LogP contribution in [0.4, 0.5) is 5.69 Å². The summed E-state index contributed by atoms with van der Waals surface area (Å²) in [7, 11) is 0. The lowest BCUT2D eigenvalue weighted by Gasteiger charge is -2.36. The molecule has 4 rings (SSSR count). The van der Waals surface area contributed by atoms with E-state index in [-0.39, 0.29) is 0 Å². The van der Waals surface area contributed by atoms with E-state index in [2.05, 4.69) is 26.3 Å². The first kappa shape index (κ1) is 22.4. The Kier molecular flexibility index (Phi) is 7.35. The molecule has 2 aromatic carbocycles. The van der Waals surface area contributed by atoms with Crippen molar-refractivity contribution in [1.29, 1.82) is 0 Å². The zero-order valence-corrected chi connectivity index (χ0v) is 19.9. The lowest BCUT2D eigenvalue weighted by molar-refractivity contribution is 0.177. The van der Waals surface area contributed by atoms with Gasteiger partial charge in [-0.25, -0.2) is 0 Å². The molecule has 0 aliphatic carbocycles. The van der Waals surface area contributed by atoms with Crippen LogP contribution in [0, 0.1) is 0 Å². The standard InChI is InChI=1S/C22H22Cl3N5S/c23-18-6-5-17(21(25)11-18)14-30-15-19(12-26-30)27-22(31)29-9-7-28(8-10-29)13-16-3-1-2-4-20(16)24/h1-6,11-12,15H,7-10,13-14H2,(H,27,31). The SMILES string of the molecule is S=C(Nc1cnn(Cc2ccc(Cl)cc2Cl)c1)N1CCN(Cc2ccccc2Cl)CC1. The average molecular weight is 495 g/mol. The molecule has 1 aromatic heterocycles. The Hall–Kier alpha value is -1.83. The van der Waals surface area contributed by atoms with E-state index in [1.54, 1.807) is 12.3 Å². The molecule has 5 nitrogen and oxygen atoms in total. The quantitative estimate of drug-likeness (QED) is 0.480. The van der Waals surface area contributed by atoms with Crippen molar-refractivity contribution in [2.24, 2.45) is 0 Å². The Bertz CT molecular complexity index is 1060. The van der Waals surface area contributed by atoms with Gasteiger partial charge in [-0.3, -0.25) is 9.58 Å². The van der Waals surface area contributed by atoms with Crippen molar-refractivity contribution >= 4 is 57.8 Å². The van der Waals surface area contributed by atoms with Crippen LogP contribution in [-0.4, -0.2) is 50.9 Å². The molecule has 2 heterocycles. The maximum absolute atomic E-state index is 6.29. The van der Waals surface area contributed by atoms with Gasteiger partial charge in [-0.1, -0.05) is 59.1 Å². The van der Waals surface area contributed by atoms with E-state index in [0.29, 0.717) is 21.7 Å². The molecule has 0 radical (unpaired) electrons. The molecule has 0 saturated carbocycles. The molecule has 1 saturated heterocycles. The molecule has 1 aliphatic heterocycles. The number of hydrogen-bond donors (Lipinski definition) is 1. The summed E-state index contributed by atoms with van der Waals surface area (Å²) < 4.78 is 1.82. The smallest absolute Gasteiger partial charge is 0.173 e. The van der Waals surface area contributed by atoms with E-state index < -0.39 is 0 Å². The predicted octanol–water partition coefficient (Wildman–Crippen LogP) is 5.41. The summed E-state index contributed by atoms with van der Waals surface area (Å²) in [4.78, 5) is 4.58. The van der Waals surface area contributed by atoms with Crippen LogP contribution in [-0.2, 0) is 13.1 Å². The number of halogens is 3. The van der Waals surface area contributed by atoms with Crippen LogP contribution >= 0.6 is 47.0 Å². The van der Waals surface area contributed by atoms with Gasteiger partial charge in [0.25, 0.3) is 0 Å². The number of rotatable bonds is 5. The van der Waals surface area contributed by atoms with Crippen molar-refractivity contribution in [1.82, 2.24) is 19.6 Å². The Balaban J connectivity index is 1.28. The second-order valence-corrected chi connectivity index (χ2v) is 9.08. The lowest BCUT2D eigenvalue weighted by Crippen LogP contribution is -2.49. The highest BCUT2D eigenvalue weighted by Gasteiger charge is 2.20. The Morgan fingerprint density at radius 2 is 1.68 bits per heavy atom. The minimum atomic E-state index is 0.561. The number of thiocarbonyl (C=S) groups is 1. The van der Waals surface area contributed by atoms with Crippen LogP contribution < -0.4 is 5.32 Å². The van der Waals surface area contributed by atoms with Crippen LogP contribution in [0.5, 0.6) is 0 Å². The Morgan fingerprint density at radius 3 is 2.42 bits per heavy atom. The summed E-state index contributed by atoms with van der Waals surface area (Å²) in [5, 5.41) is 10.5. The molecule has 0 amide bonds. The summed E-state index contributed by atoms with van der Waals surface area (Å²) in [5.41, 5.74) is 2.97. The number of anilines is 1. The van der Waals surface area contributed by atoms with Crippen molar-refractivity contribution in [2.45, 2.75) is 13.1 Å². The molecule has 9 heteroatoms. The van der Waals surface area contributed by atoms with Crippen LogP contribution in [0.1, 0.15) is 11.1 Å². The topological polar surface area (TPSA) is 36.3 Å². The zero-order valence-electron chi connectivity index (χ0n) is 16.8. The molecule has 0 unspecified atom stereocenters. The van der Waals surface area contributed by atoms with E-state index in [1.807, 2.05) is 41.2 Å². The Labute approximate surface area is 202 Å². The van der Waals surface area contributed by atoms with Gasteiger partial charge < -0.3 is 10.2 Å². The highest BCUT2D eigenvalue weighted by Crippen LogP contribution is 2.22. The third-order valence-corrected chi connectivity index (χ3v) is 6.56. The first-order chi connectivity index (χ1) is 15.0. The minimum absolute atomic E-state index is 0.561. The van der Waals surface area contributed by atoms with Gasteiger partial charge in [0.15, 0.2) is 5.11 Å². The van der Waals surface area contributed by atoms with E-state index in [4.69, 9.17) is 47.0 Å². The second-order valence-electron chi connectivity index (χ2n) is 7.45. The average Bonchev–Trinajstić information content (AvgIpc) is 3.19. The number of aromatic nitrogens is 2. The monoisotopic (exact) mass is 493 g/mol. The van der Waals surface area contributed by atoms with Gasteiger partial charge in [0.2, 0.25) is 0 Å². The highest BCUT2D eigenvalue weighted by atomic mass is 35.5. The van der Waals surface area contributed by atoms with E-state index in [0.717, 1.165) is 54.6 Å². The molecule has 31 heavy (non-hydrogen) atoms. The van der Waals surface area contributed by atoms with Crippen LogP contribution in [0.3, 0.4) is 0 Å². The zero-order chi connectivity index (χ0) is 21.8. The van der Waals surface area contributed by atoms with E-state index in [1.165, 1.54) is 0 Å². The maximum Gasteiger partial charge on any atom is 0.173 e. The number of nitrogens with zero attached hydrogens (tertiary/aromatic N) is 4. The lowest BCUT2D eigenvalue weighted by atomic mass is 10.2. The van der Waals surface area contributed by atoms with Crippen molar-refractivity contribution in [3.8, 4) is 0 Å². The molecule has 0 spiro atoms.